The lowest BCUT2D eigenvalue weighted by Crippen LogP contribution is -2.10. The summed E-state index contributed by atoms with van der Waals surface area (Å²) in [6, 6.07) is 81.3. The first-order chi connectivity index (χ1) is 29.7. The van der Waals surface area contributed by atoms with Crippen molar-refractivity contribution in [1.29, 1.82) is 0 Å². The van der Waals surface area contributed by atoms with E-state index in [-0.39, 0.29) is 0 Å². The van der Waals surface area contributed by atoms with Gasteiger partial charge in [0.05, 0.1) is 0 Å². The first kappa shape index (κ1) is 34.1. The molecule has 11 aromatic carbocycles. The molecule has 0 aliphatic carbocycles. The van der Waals surface area contributed by atoms with Gasteiger partial charge in [0.15, 0.2) is 0 Å². The summed E-state index contributed by atoms with van der Waals surface area (Å²) < 4.78 is 6.61. The van der Waals surface area contributed by atoms with Gasteiger partial charge in [0.2, 0.25) is 0 Å². The van der Waals surface area contributed by atoms with E-state index in [4.69, 9.17) is 4.42 Å². The van der Waals surface area contributed by atoms with Gasteiger partial charge in [-0.15, -0.1) is 0 Å². The molecule has 0 N–H and O–H groups in total. The lowest BCUT2D eigenvalue weighted by molar-refractivity contribution is 0.673. The number of fused-ring (bicyclic) bond motifs is 9. The Morgan fingerprint density at radius 2 is 0.883 bits per heavy atom. The maximum atomic E-state index is 6.61. The van der Waals surface area contributed by atoms with Gasteiger partial charge < -0.3 is 9.32 Å². The van der Waals surface area contributed by atoms with E-state index in [0.29, 0.717) is 0 Å². The van der Waals surface area contributed by atoms with Gasteiger partial charge in [0.1, 0.15) is 11.2 Å². The third-order valence-corrected chi connectivity index (χ3v) is 12.2. The number of nitrogens with zero attached hydrogens (tertiary/aromatic N) is 1. The van der Waals surface area contributed by atoms with E-state index in [2.05, 4.69) is 229 Å². The molecule has 0 spiro atoms. The Labute approximate surface area is 347 Å². The van der Waals surface area contributed by atoms with Crippen molar-refractivity contribution in [2.45, 2.75) is 0 Å². The quantitative estimate of drug-likeness (QED) is 0.157. The summed E-state index contributed by atoms with van der Waals surface area (Å²) in [5.41, 5.74) is 12.1. The van der Waals surface area contributed by atoms with Crippen molar-refractivity contribution in [3.63, 3.8) is 0 Å². The highest BCUT2D eigenvalue weighted by Gasteiger charge is 2.19. The molecule has 2 nitrogen and oxygen atoms in total. The zero-order valence-corrected chi connectivity index (χ0v) is 32.7. The maximum absolute atomic E-state index is 6.61. The molecular formula is C58H37NO. The van der Waals surface area contributed by atoms with Crippen LogP contribution in [0.4, 0.5) is 17.1 Å². The van der Waals surface area contributed by atoms with Crippen molar-refractivity contribution in [3.05, 3.63) is 224 Å². The minimum atomic E-state index is 0.890. The Bertz CT molecular complexity index is 3610. The third kappa shape index (κ3) is 5.65. The molecule has 0 saturated carbocycles. The molecule has 0 saturated heterocycles. The van der Waals surface area contributed by atoms with E-state index in [0.717, 1.165) is 55.5 Å². The summed E-state index contributed by atoms with van der Waals surface area (Å²) in [6.07, 6.45) is 0. The first-order valence-corrected chi connectivity index (χ1v) is 20.6. The summed E-state index contributed by atoms with van der Waals surface area (Å²) >= 11 is 0. The SMILES string of the molecule is c1cc(-c2ccc3ccccc3c2)cc(N(c2ccc(-c3cc4ccccc4c4ccccc34)cc2)c2cccc(-c3cccc4oc5c6ccccc6ccc5c34)c2)c1. The van der Waals surface area contributed by atoms with E-state index in [9.17, 15) is 0 Å². The monoisotopic (exact) mass is 763 g/mol. The predicted molar refractivity (Wildman–Crippen MR) is 255 cm³/mol. The molecular weight excluding hydrogens is 727 g/mol. The minimum absolute atomic E-state index is 0.890. The summed E-state index contributed by atoms with van der Waals surface area (Å²) in [5, 5.41) is 12.1. The van der Waals surface area contributed by atoms with Crippen molar-refractivity contribution >= 4 is 82.1 Å². The molecule has 0 atom stereocenters. The molecule has 12 rings (SSSR count). The third-order valence-electron chi connectivity index (χ3n) is 12.2. The predicted octanol–water partition coefficient (Wildman–Crippen LogP) is 16.7. The molecule has 0 bridgehead atoms. The lowest BCUT2D eigenvalue weighted by atomic mass is 9.93. The van der Waals surface area contributed by atoms with Crippen LogP contribution in [0.15, 0.2) is 229 Å². The summed E-state index contributed by atoms with van der Waals surface area (Å²) in [6.45, 7) is 0. The Kier molecular flexibility index (Phi) is 7.89. The van der Waals surface area contributed by atoms with Crippen LogP contribution in [0, 0.1) is 0 Å². The molecule has 12 aromatic rings. The van der Waals surface area contributed by atoms with Crippen LogP contribution in [-0.2, 0) is 0 Å². The number of furan rings is 1. The van der Waals surface area contributed by atoms with E-state index in [1.807, 2.05) is 0 Å². The van der Waals surface area contributed by atoms with Crippen LogP contribution in [0.1, 0.15) is 0 Å². The van der Waals surface area contributed by atoms with Crippen LogP contribution >= 0.6 is 0 Å². The summed E-state index contributed by atoms with van der Waals surface area (Å²) in [7, 11) is 0. The van der Waals surface area contributed by atoms with E-state index in [1.165, 1.54) is 60.0 Å². The van der Waals surface area contributed by atoms with Gasteiger partial charge in [-0.25, -0.2) is 0 Å². The molecule has 0 aliphatic heterocycles. The lowest BCUT2D eigenvalue weighted by Gasteiger charge is -2.27. The topological polar surface area (TPSA) is 16.4 Å². The van der Waals surface area contributed by atoms with Crippen molar-refractivity contribution in [3.8, 4) is 33.4 Å². The standard InChI is InChI=1S/C58H37NO/c1-2-14-41-34-43(27-26-38(41)12-1)42-16-9-18-47(35-42)59(46-31-28-40(29-32-46)55-37-45-15-4-5-20-49(45)52-22-7-8-23-53(52)55)48-19-10-17-44(36-48)50-24-11-25-56-57(50)54-33-30-39-13-3-6-21-51(39)58(54)60-56/h1-37H. The normalized spacial score (nSPS) is 11.7. The Balaban J connectivity index is 1.02. The van der Waals surface area contributed by atoms with Gasteiger partial charge in [-0.3, -0.25) is 0 Å². The van der Waals surface area contributed by atoms with Crippen LogP contribution in [0.25, 0.3) is 98.4 Å². The van der Waals surface area contributed by atoms with Crippen LogP contribution in [-0.4, -0.2) is 0 Å². The van der Waals surface area contributed by atoms with Gasteiger partial charge in [0.25, 0.3) is 0 Å². The fourth-order valence-electron chi connectivity index (χ4n) is 9.33. The smallest absolute Gasteiger partial charge is 0.143 e. The Hall–Kier alpha value is -7.94. The molecule has 0 amide bonds. The molecule has 1 aromatic heterocycles. The number of benzene rings is 11. The van der Waals surface area contributed by atoms with Crippen LogP contribution in [0.2, 0.25) is 0 Å². The van der Waals surface area contributed by atoms with Crippen molar-refractivity contribution in [1.82, 2.24) is 0 Å². The average Bonchev–Trinajstić information content (AvgIpc) is 3.71. The van der Waals surface area contributed by atoms with Crippen molar-refractivity contribution < 1.29 is 4.42 Å². The second kappa shape index (κ2) is 13.9. The van der Waals surface area contributed by atoms with Gasteiger partial charge in [0, 0.05) is 33.2 Å². The summed E-state index contributed by atoms with van der Waals surface area (Å²) in [4.78, 5) is 2.39. The zero-order chi connectivity index (χ0) is 39.6. The van der Waals surface area contributed by atoms with Crippen LogP contribution < -0.4 is 4.90 Å². The highest BCUT2D eigenvalue weighted by atomic mass is 16.3. The molecule has 1 heterocycles. The molecule has 0 fully saturated rings. The first-order valence-electron chi connectivity index (χ1n) is 20.6. The Morgan fingerprint density at radius 3 is 1.70 bits per heavy atom. The number of hydrogen-bond acceptors (Lipinski definition) is 2. The van der Waals surface area contributed by atoms with Gasteiger partial charge in [-0.2, -0.15) is 0 Å². The molecule has 280 valence electrons. The van der Waals surface area contributed by atoms with Gasteiger partial charge in [-0.1, -0.05) is 164 Å². The molecule has 0 radical (unpaired) electrons. The second-order valence-corrected chi connectivity index (χ2v) is 15.7. The minimum Gasteiger partial charge on any atom is -0.455 e. The second-order valence-electron chi connectivity index (χ2n) is 15.7. The Morgan fingerprint density at radius 1 is 0.283 bits per heavy atom. The molecule has 60 heavy (non-hydrogen) atoms. The maximum Gasteiger partial charge on any atom is 0.143 e. The highest BCUT2D eigenvalue weighted by molar-refractivity contribution is 6.19. The number of anilines is 3. The van der Waals surface area contributed by atoms with Crippen LogP contribution in [0.5, 0.6) is 0 Å². The fourth-order valence-corrected chi connectivity index (χ4v) is 9.33. The van der Waals surface area contributed by atoms with E-state index < -0.39 is 0 Å². The van der Waals surface area contributed by atoms with Gasteiger partial charge in [-0.05, 0) is 132 Å². The zero-order valence-electron chi connectivity index (χ0n) is 32.7. The number of rotatable bonds is 6. The van der Waals surface area contributed by atoms with Crippen molar-refractivity contribution in [2.24, 2.45) is 0 Å². The largest absolute Gasteiger partial charge is 0.455 e. The van der Waals surface area contributed by atoms with Crippen molar-refractivity contribution in [2.75, 3.05) is 4.90 Å². The molecule has 0 unspecified atom stereocenters. The van der Waals surface area contributed by atoms with E-state index in [1.54, 1.807) is 0 Å². The fraction of sp³-hybridized carbons (Fsp3) is 0. The van der Waals surface area contributed by atoms with Gasteiger partial charge >= 0.3 is 0 Å². The molecule has 2 heteroatoms. The van der Waals surface area contributed by atoms with Crippen LogP contribution in [0.3, 0.4) is 0 Å². The highest BCUT2D eigenvalue weighted by Crippen LogP contribution is 2.44. The number of hydrogen-bond donors (Lipinski definition) is 0. The average molecular weight is 764 g/mol. The van der Waals surface area contributed by atoms with E-state index >= 15 is 0 Å². The summed E-state index contributed by atoms with van der Waals surface area (Å²) in [5.74, 6) is 0. The molecule has 0 aliphatic rings.